The molecule has 0 aliphatic carbocycles. The first-order valence-corrected chi connectivity index (χ1v) is 9.62. The van der Waals surface area contributed by atoms with Crippen molar-refractivity contribution in [3.8, 4) is 5.75 Å². The van der Waals surface area contributed by atoms with Gasteiger partial charge in [0.15, 0.2) is 18.2 Å². The van der Waals surface area contributed by atoms with Gasteiger partial charge in [0.2, 0.25) is 0 Å². The third-order valence-corrected chi connectivity index (χ3v) is 5.13. The molecule has 0 atom stereocenters. The van der Waals surface area contributed by atoms with Gasteiger partial charge in [-0.2, -0.15) is 0 Å². The standard InChI is InChI=1S/C19H16BrClF2N2O3/c20-12-1-4-17(16(23)9-12)28-11-18(26)24-5-7-25(8-6-24)19(27)14-3-2-13(22)10-15(14)21/h1-4,9-10H,5-8,11H2. The van der Waals surface area contributed by atoms with E-state index in [0.29, 0.717) is 30.7 Å². The van der Waals surface area contributed by atoms with Crippen LogP contribution in [0.5, 0.6) is 5.75 Å². The van der Waals surface area contributed by atoms with E-state index in [2.05, 4.69) is 15.9 Å². The fourth-order valence-corrected chi connectivity index (χ4v) is 3.40. The molecule has 2 aromatic carbocycles. The van der Waals surface area contributed by atoms with Crippen molar-refractivity contribution >= 4 is 39.3 Å². The largest absolute Gasteiger partial charge is 0.481 e. The number of benzene rings is 2. The minimum atomic E-state index is -0.561. The van der Waals surface area contributed by atoms with Crippen LogP contribution in [0, 0.1) is 11.6 Å². The van der Waals surface area contributed by atoms with Gasteiger partial charge in [-0.1, -0.05) is 27.5 Å². The molecule has 0 bridgehead atoms. The molecule has 1 saturated heterocycles. The van der Waals surface area contributed by atoms with Crippen LogP contribution in [0.3, 0.4) is 0 Å². The van der Waals surface area contributed by atoms with E-state index in [4.69, 9.17) is 16.3 Å². The average Bonchev–Trinajstić information content (AvgIpc) is 2.67. The molecule has 2 amide bonds. The Morgan fingerprint density at radius 3 is 2.36 bits per heavy atom. The molecule has 1 heterocycles. The third-order valence-electron chi connectivity index (χ3n) is 4.33. The van der Waals surface area contributed by atoms with Crippen LogP contribution >= 0.6 is 27.5 Å². The molecule has 2 aromatic rings. The first kappa shape index (κ1) is 20.5. The van der Waals surface area contributed by atoms with Gasteiger partial charge >= 0.3 is 0 Å². The number of hydrogen-bond acceptors (Lipinski definition) is 3. The van der Waals surface area contributed by atoms with Crippen LogP contribution in [0.1, 0.15) is 10.4 Å². The molecule has 0 unspecified atom stereocenters. The number of carbonyl (C=O) groups excluding carboxylic acids is 2. The van der Waals surface area contributed by atoms with Gasteiger partial charge in [-0.3, -0.25) is 9.59 Å². The summed E-state index contributed by atoms with van der Waals surface area (Å²) >= 11 is 9.09. The van der Waals surface area contributed by atoms with Crippen LogP contribution < -0.4 is 4.74 Å². The van der Waals surface area contributed by atoms with Crippen molar-refractivity contribution in [3.05, 3.63) is 63.1 Å². The number of piperazine rings is 1. The van der Waals surface area contributed by atoms with Crippen LogP contribution in [0.2, 0.25) is 5.02 Å². The summed E-state index contributed by atoms with van der Waals surface area (Å²) in [4.78, 5) is 27.9. The zero-order valence-corrected chi connectivity index (χ0v) is 17.0. The molecule has 28 heavy (non-hydrogen) atoms. The van der Waals surface area contributed by atoms with E-state index in [0.717, 1.165) is 6.07 Å². The van der Waals surface area contributed by atoms with Crippen molar-refractivity contribution in [2.45, 2.75) is 0 Å². The second-order valence-corrected chi connectivity index (χ2v) is 7.48. The van der Waals surface area contributed by atoms with Gasteiger partial charge in [0, 0.05) is 30.7 Å². The van der Waals surface area contributed by atoms with Gasteiger partial charge in [-0.05, 0) is 36.4 Å². The molecule has 9 heteroatoms. The molecule has 0 N–H and O–H groups in total. The fourth-order valence-electron chi connectivity index (χ4n) is 2.82. The number of nitrogens with zero attached hydrogens (tertiary/aromatic N) is 2. The van der Waals surface area contributed by atoms with Crippen molar-refractivity contribution in [1.29, 1.82) is 0 Å². The second kappa shape index (κ2) is 8.87. The van der Waals surface area contributed by atoms with Crippen molar-refractivity contribution < 1.29 is 23.1 Å². The van der Waals surface area contributed by atoms with Crippen LogP contribution in [0.4, 0.5) is 8.78 Å². The van der Waals surface area contributed by atoms with E-state index >= 15 is 0 Å². The maximum Gasteiger partial charge on any atom is 0.260 e. The molecule has 1 aliphatic heterocycles. The van der Waals surface area contributed by atoms with E-state index in [-0.39, 0.29) is 34.8 Å². The highest BCUT2D eigenvalue weighted by Crippen LogP contribution is 2.22. The highest BCUT2D eigenvalue weighted by atomic mass is 79.9. The van der Waals surface area contributed by atoms with Crippen molar-refractivity contribution in [2.75, 3.05) is 32.8 Å². The van der Waals surface area contributed by atoms with Crippen LogP contribution in [0.25, 0.3) is 0 Å². The summed E-state index contributed by atoms with van der Waals surface area (Å²) < 4.78 is 32.7. The number of hydrogen-bond donors (Lipinski definition) is 0. The summed E-state index contributed by atoms with van der Waals surface area (Å²) in [7, 11) is 0. The lowest BCUT2D eigenvalue weighted by atomic mass is 10.1. The third kappa shape index (κ3) is 4.80. The lowest BCUT2D eigenvalue weighted by Crippen LogP contribution is -2.51. The number of rotatable bonds is 4. The van der Waals surface area contributed by atoms with Gasteiger partial charge in [0.1, 0.15) is 5.82 Å². The summed E-state index contributed by atoms with van der Waals surface area (Å²) in [6, 6.07) is 7.93. The van der Waals surface area contributed by atoms with E-state index in [9.17, 15) is 18.4 Å². The first-order chi connectivity index (χ1) is 13.3. The Hall–Kier alpha value is -2.19. The zero-order chi connectivity index (χ0) is 20.3. The number of halogens is 4. The monoisotopic (exact) mass is 472 g/mol. The van der Waals surface area contributed by atoms with E-state index in [1.165, 1.54) is 24.3 Å². The molecule has 0 aromatic heterocycles. The Kier molecular flexibility index (Phi) is 6.51. The maximum atomic E-state index is 13.7. The first-order valence-electron chi connectivity index (χ1n) is 8.45. The summed E-state index contributed by atoms with van der Waals surface area (Å²) in [5.74, 6) is -1.69. The lowest BCUT2D eigenvalue weighted by Gasteiger charge is -2.34. The summed E-state index contributed by atoms with van der Waals surface area (Å²) in [5.41, 5.74) is 0.219. The molecule has 1 aliphatic rings. The Morgan fingerprint density at radius 2 is 1.71 bits per heavy atom. The van der Waals surface area contributed by atoms with Crippen molar-refractivity contribution in [3.63, 3.8) is 0 Å². The van der Waals surface area contributed by atoms with Gasteiger partial charge < -0.3 is 14.5 Å². The molecule has 3 rings (SSSR count). The number of amides is 2. The smallest absolute Gasteiger partial charge is 0.260 e. The molecule has 0 saturated carbocycles. The van der Waals surface area contributed by atoms with Crippen LogP contribution in [-0.2, 0) is 4.79 Å². The number of carbonyl (C=O) groups is 2. The Bertz CT molecular complexity index is 905. The molecule has 5 nitrogen and oxygen atoms in total. The average molecular weight is 474 g/mol. The molecule has 0 spiro atoms. The van der Waals surface area contributed by atoms with E-state index in [1.54, 1.807) is 15.9 Å². The summed E-state index contributed by atoms with van der Waals surface area (Å²) in [6.45, 7) is 0.956. The van der Waals surface area contributed by atoms with Gasteiger partial charge in [0.05, 0.1) is 10.6 Å². The Labute approximate surface area is 173 Å². The predicted octanol–water partition coefficient (Wildman–Crippen LogP) is 3.74. The zero-order valence-electron chi connectivity index (χ0n) is 14.6. The topological polar surface area (TPSA) is 49.9 Å². The van der Waals surface area contributed by atoms with Crippen molar-refractivity contribution in [2.24, 2.45) is 0 Å². The van der Waals surface area contributed by atoms with Crippen molar-refractivity contribution in [1.82, 2.24) is 9.80 Å². The molecular weight excluding hydrogens is 458 g/mol. The highest BCUT2D eigenvalue weighted by Gasteiger charge is 2.26. The van der Waals surface area contributed by atoms with Crippen LogP contribution in [-0.4, -0.2) is 54.4 Å². The SMILES string of the molecule is O=C(COc1ccc(Br)cc1F)N1CCN(C(=O)c2ccc(F)cc2Cl)CC1. The van der Waals surface area contributed by atoms with Gasteiger partial charge in [-0.25, -0.2) is 8.78 Å². The quantitative estimate of drug-likeness (QED) is 0.680. The second-order valence-electron chi connectivity index (χ2n) is 6.16. The summed E-state index contributed by atoms with van der Waals surface area (Å²) in [5, 5.41) is 0.0495. The maximum absolute atomic E-state index is 13.7. The minimum Gasteiger partial charge on any atom is -0.481 e. The molecular formula is C19H16BrClF2N2O3. The normalized spacial score (nSPS) is 14.1. The molecule has 1 fully saturated rings. The lowest BCUT2D eigenvalue weighted by molar-refractivity contribution is -0.134. The van der Waals surface area contributed by atoms with Crippen LogP contribution in [0.15, 0.2) is 40.9 Å². The fraction of sp³-hybridized carbons (Fsp3) is 0.263. The Balaban J connectivity index is 1.53. The van der Waals surface area contributed by atoms with Gasteiger partial charge in [-0.15, -0.1) is 0 Å². The minimum absolute atomic E-state index is 0.00341. The predicted molar refractivity (Wildman–Crippen MR) is 103 cm³/mol. The van der Waals surface area contributed by atoms with E-state index < -0.39 is 11.6 Å². The summed E-state index contributed by atoms with van der Waals surface area (Å²) in [6.07, 6.45) is 0. The van der Waals surface area contributed by atoms with E-state index in [1.807, 2.05) is 0 Å². The van der Waals surface area contributed by atoms with Gasteiger partial charge in [0.25, 0.3) is 11.8 Å². The number of ether oxygens (including phenoxy) is 1. The molecule has 148 valence electrons. The highest BCUT2D eigenvalue weighted by molar-refractivity contribution is 9.10. The molecule has 0 radical (unpaired) electrons. The Morgan fingerprint density at radius 1 is 1.04 bits per heavy atom.